The van der Waals surface area contributed by atoms with Gasteiger partial charge in [-0.15, -0.1) is 11.3 Å². The Hall–Kier alpha value is -7.66. The number of anilines is 6. The summed E-state index contributed by atoms with van der Waals surface area (Å²) in [6, 6.07) is 73.6. The zero-order chi connectivity index (χ0) is 53.9. The molecule has 12 aromatic rings. The fraction of sp³-hybridized carbons (Fsp3) is 0.216. The van der Waals surface area contributed by atoms with Crippen molar-refractivity contribution in [2.45, 2.75) is 105 Å². The second-order valence-corrected chi connectivity index (χ2v) is 27.8. The van der Waals surface area contributed by atoms with E-state index in [1.807, 2.05) is 11.3 Å². The number of rotatable bonds is 3. The summed E-state index contributed by atoms with van der Waals surface area (Å²) in [7, 11) is 0. The molecule has 0 radical (unpaired) electrons. The van der Waals surface area contributed by atoms with E-state index in [0.717, 1.165) is 0 Å². The predicted octanol–water partition coefficient (Wildman–Crippen LogP) is 19.6. The van der Waals surface area contributed by atoms with Gasteiger partial charge in [-0.25, -0.2) is 0 Å². The van der Waals surface area contributed by atoms with Crippen LogP contribution in [0.4, 0.5) is 34.1 Å². The van der Waals surface area contributed by atoms with Crippen LogP contribution in [0.5, 0.6) is 0 Å². The zero-order valence-electron chi connectivity index (χ0n) is 47.3. The van der Waals surface area contributed by atoms with Crippen LogP contribution in [-0.4, -0.2) is 6.71 Å². The van der Waals surface area contributed by atoms with Crippen LogP contribution in [-0.2, 0) is 21.7 Å². The highest BCUT2D eigenvalue weighted by Gasteiger charge is 2.45. The van der Waals surface area contributed by atoms with Gasteiger partial charge in [-0.2, -0.15) is 0 Å². The molecule has 0 aliphatic carbocycles. The average molecular weight is 1030 g/mol. The second-order valence-electron chi connectivity index (χ2n) is 26.7. The average Bonchev–Trinajstić information content (AvgIpc) is 3.21. The molecular formula is C74H67BN2S. The summed E-state index contributed by atoms with van der Waals surface area (Å²) >= 11 is 1.88. The van der Waals surface area contributed by atoms with Crippen LogP contribution in [0.3, 0.4) is 0 Å². The van der Waals surface area contributed by atoms with Crippen molar-refractivity contribution in [3.63, 3.8) is 0 Å². The van der Waals surface area contributed by atoms with Crippen molar-refractivity contribution in [2.24, 2.45) is 0 Å². The van der Waals surface area contributed by atoms with Crippen LogP contribution in [0.2, 0.25) is 0 Å². The number of thiophene rings is 1. The highest BCUT2D eigenvalue weighted by atomic mass is 32.1. The van der Waals surface area contributed by atoms with Crippen molar-refractivity contribution in [1.82, 2.24) is 0 Å². The zero-order valence-corrected chi connectivity index (χ0v) is 48.1. The van der Waals surface area contributed by atoms with E-state index < -0.39 is 0 Å². The van der Waals surface area contributed by atoms with Gasteiger partial charge in [0.05, 0.1) is 0 Å². The monoisotopic (exact) mass is 1030 g/mol. The van der Waals surface area contributed by atoms with Crippen LogP contribution < -0.4 is 26.2 Å². The summed E-state index contributed by atoms with van der Waals surface area (Å²) in [4.78, 5) is 5.37. The highest BCUT2D eigenvalue weighted by Crippen LogP contribution is 2.51. The molecule has 3 heterocycles. The van der Waals surface area contributed by atoms with Crippen molar-refractivity contribution in [3.05, 3.63) is 210 Å². The van der Waals surface area contributed by atoms with E-state index in [1.54, 1.807) is 0 Å². The van der Waals surface area contributed by atoms with Gasteiger partial charge >= 0.3 is 0 Å². The molecule has 0 saturated carbocycles. The third kappa shape index (κ3) is 7.72. The molecule has 0 bridgehead atoms. The first-order valence-electron chi connectivity index (χ1n) is 28.1. The maximum Gasteiger partial charge on any atom is 0.252 e. The lowest BCUT2D eigenvalue weighted by Crippen LogP contribution is -2.61. The molecule has 2 aliphatic rings. The van der Waals surface area contributed by atoms with Crippen LogP contribution in [0, 0.1) is 0 Å². The van der Waals surface area contributed by atoms with Crippen LogP contribution in [0.15, 0.2) is 188 Å². The van der Waals surface area contributed by atoms with Gasteiger partial charge in [-0.1, -0.05) is 204 Å². The molecular weight excluding hydrogens is 960 g/mol. The molecule has 78 heavy (non-hydrogen) atoms. The number of fused-ring (bicyclic) bond motifs is 13. The molecule has 4 heteroatoms. The fourth-order valence-corrected chi connectivity index (χ4v) is 13.9. The number of benzene rings is 11. The Balaban J connectivity index is 1.18. The lowest BCUT2D eigenvalue weighted by molar-refractivity contribution is 0.568. The second kappa shape index (κ2) is 16.9. The van der Waals surface area contributed by atoms with Crippen molar-refractivity contribution >= 4 is 132 Å². The Bertz CT molecular complexity index is 4220. The quantitative estimate of drug-likeness (QED) is 0.129. The summed E-state index contributed by atoms with van der Waals surface area (Å²) in [5.74, 6) is 0. The number of nitrogens with zero attached hydrogens (tertiary/aromatic N) is 2. The number of hydrogen-bond acceptors (Lipinski definition) is 3. The standard InChI is InChI=1S/C74H67BN2S/c1-71(2,3)50-36-51(72(4,5)6)39-54(38-50)76-64-42-59-47(27-25-44-19-13-15-21-56(44)59)32-62(64)75-63-33-48-28-26-45-20-14-16-22-57(45)60(48)43-65(63)77(55-40-52(73(7,8)9)37-53(41-55)74(10,11)12)67-35-49(34-66(76)70(67)75)46-29-30-69-61(31-46)58-23-17-18-24-68(58)78-69/h13-43H,1-12H3. The molecule has 0 unspecified atom stereocenters. The van der Waals surface area contributed by atoms with Crippen molar-refractivity contribution in [3.8, 4) is 11.1 Å². The Morgan fingerprint density at radius 3 is 1.18 bits per heavy atom. The Kier molecular flexibility index (Phi) is 10.6. The molecule has 0 spiro atoms. The molecule has 14 rings (SSSR count). The SMILES string of the molecule is CC(C)(C)c1cc(N2c3cc4c(ccc5ccccc54)cc3B3c4cc5ccc6ccccc6c5cc4N(c4cc(C(C)(C)C)cc(C(C)(C)C)c4)c4cc(-c5ccc6sc7ccccc7c6c5)cc2c43)cc(C(C)(C)C)c1. The minimum absolute atomic E-state index is 0.0858. The summed E-state index contributed by atoms with van der Waals surface area (Å²) in [5, 5.41) is 12.7. The van der Waals surface area contributed by atoms with Gasteiger partial charge in [0.1, 0.15) is 0 Å². The van der Waals surface area contributed by atoms with E-state index in [2.05, 4.69) is 281 Å². The van der Waals surface area contributed by atoms with Gasteiger partial charge < -0.3 is 9.80 Å². The normalized spacial score (nSPS) is 13.8. The van der Waals surface area contributed by atoms with Gasteiger partial charge in [0, 0.05) is 54.3 Å². The van der Waals surface area contributed by atoms with E-state index in [-0.39, 0.29) is 28.4 Å². The van der Waals surface area contributed by atoms with Gasteiger partial charge in [-0.3, -0.25) is 0 Å². The Labute approximate surface area is 465 Å². The molecule has 2 aliphatic heterocycles. The van der Waals surface area contributed by atoms with Gasteiger partial charge in [0.15, 0.2) is 0 Å². The molecule has 0 fully saturated rings. The summed E-state index contributed by atoms with van der Waals surface area (Å²) in [6.45, 7) is 28.3. The Morgan fingerprint density at radius 2 is 0.718 bits per heavy atom. The first-order chi connectivity index (χ1) is 37.2. The predicted molar refractivity (Wildman–Crippen MR) is 344 cm³/mol. The minimum Gasteiger partial charge on any atom is -0.311 e. The van der Waals surface area contributed by atoms with Gasteiger partial charge in [0.2, 0.25) is 0 Å². The van der Waals surface area contributed by atoms with Crippen molar-refractivity contribution in [2.75, 3.05) is 9.80 Å². The molecule has 0 saturated heterocycles. The fourth-order valence-electron chi connectivity index (χ4n) is 12.8. The molecule has 0 N–H and O–H groups in total. The van der Waals surface area contributed by atoms with E-state index in [0.29, 0.717) is 0 Å². The third-order valence-electron chi connectivity index (χ3n) is 17.3. The van der Waals surface area contributed by atoms with Gasteiger partial charge in [0.25, 0.3) is 6.71 Å². The molecule has 0 amide bonds. The minimum atomic E-state index is -0.0967. The number of hydrogen-bond donors (Lipinski definition) is 0. The van der Waals surface area contributed by atoms with Crippen LogP contribution in [0.1, 0.15) is 105 Å². The van der Waals surface area contributed by atoms with E-state index in [9.17, 15) is 0 Å². The summed E-state index contributed by atoms with van der Waals surface area (Å²) < 4.78 is 2.63. The third-order valence-corrected chi connectivity index (χ3v) is 18.5. The lowest BCUT2D eigenvalue weighted by Gasteiger charge is -2.45. The van der Waals surface area contributed by atoms with E-state index in [4.69, 9.17) is 0 Å². The highest BCUT2D eigenvalue weighted by molar-refractivity contribution is 7.25. The molecule has 1 aromatic heterocycles. The topological polar surface area (TPSA) is 6.48 Å². The summed E-state index contributed by atoms with van der Waals surface area (Å²) in [5.41, 5.74) is 18.6. The van der Waals surface area contributed by atoms with E-state index >= 15 is 0 Å². The van der Waals surface area contributed by atoms with Crippen molar-refractivity contribution in [1.29, 1.82) is 0 Å². The summed E-state index contributed by atoms with van der Waals surface area (Å²) in [6.07, 6.45) is 0. The lowest BCUT2D eigenvalue weighted by atomic mass is 9.33. The maximum absolute atomic E-state index is 2.68. The van der Waals surface area contributed by atoms with Crippen molar-refractivity contribution < 1.29 is 0 Å². The van der Waals surface area contributed by atoms with Crippen LogP contribution in [0.25, 0.3) is 74.4 Å². The molecule has 382 valence electrons. The first-order valence-corrected chi connectivity index (χ1v) is 28.9. The largest absolute Gasteiger partial charge is 0.311 e. The maximum atomic E-state index is 2.68. The Morgan fingerprint density at radius 1 is 0.308 bits per heavy atom. The smallest absolute Gasteiger partial charge is 0.252 e. The van der Waals surface area contributed by atoms with Gasteiger partial charge in [-0.05, 0) is 181 Å². The molecule has 2 nitrogen and oxygen atoms in total. The van der Waals surface area contributed by atoms with Crippen LogP contribution >= 0.6 is 11.3 Å². The molecule has 11 aromatic carbocycles. The van der Waals surface area contributed by atoms with E-state index in [1.165, 1.54) is 147 Å². The molecule has 0 atom stereocenters. The first kappa shape index (κ1) is 48.7.